The predicted molar refractivity (Wildman–Crippen MR) is 136 cm³/mol. The van der Waals surface area contributed by atoms with Gasteiger partial charge in [0.1, 0.15) is 11.6 Å². The van der Waals surface area contributed by atoms with Gasteiger partial charge in [-0.1, -0.05) is 35.9 Å². The van der Waals surface area contributed by atoms with Gasteiger partial charge in [-0.15, -0.1) is 0 Å². The normalized spacial score (nSPS) is 11.6. The Morgan fingerprint density at radius 3 is 2.74 bits per heavy atom. The summed E-state index contributed by atoms with van der Waals surface area (Å²) in [5, 5.41) is 14.3. The lowest BCUT2D eigenvalue weighted by Gasteiger charge is -2.17. The molecule has 0 aliphatic rings. The number of hydrogen-bond acceptors (Lipinski definition) is 6. The van der Waals surface area contributed by atoms with Crippen LogP contribution in [0.3, 0.4) is 0 Å². The first-order chi connectivity index (χ1) is 16.9. The lowest BCUT2D eigenvalue weighted by molar-refractivity contribution is 0.613. The molecule has 0 amide bonds. The molecule has 0 unspecified atom stereocenters. The molecule has 0 aliphatic heterocycles. The van der Waals surface area contributed by atoms with E-state index in [1.54, 1.807) is 42.6 Å². The zero-order chi connectivity index (χ0) is 24.9. The monoisotopic (exact) mass is 492 g/mol. The maximum absolute atomic E-state index is 13.9. The van der Waals surface area contributed by atoms with Crippen molar-refractivity contribution < 1.29 is 4.39 Å². The van der Waals surface area contributed by atoms with Crippen molar-refractivity contribution >= 4 is 29.3 Å². The summed E-state index contributed by atoms with van der Waals surface area (Å²) in [7, 11) is 0. The number of halogens is 2. The van der Waals surface area contributed by atoms with Gasteiger partial charge < -0.3 is 21.0 Å². The molecule has 4 N–H and O–H groups in total. The summed E-state index contributed by atoms with van der Waals surface area (Å²) < 4.78 is 15.3. The first-order valence-electron chi connectivity index (χ1n) is 10.7. The molecule has 0 fully saturated rings. The minimum atomic E-state index is -0.466. The number of anilines is 2. The van der Waals surface area contributed by atoms with Gasteiger partial charge in [0.05, 0.1) is 34.2 Å². The van der Waals surface area contributed by atoms with Crippen molar-refractivity contribution in [1.29, 1.82) is 5.41 Å². The van der Waals surface area contributed by atoms with Crippen LogP contribution in [0.25, 0.3) is 5.69 Å². The summed E-state index contributed by atoms with van der Waals surface area (Å²) in [5.74, 6) is 0.109. The van der Waals surface area contributed by atoms with Gasteiger partial charge in [-0.25, -0.2) is 9.37 Å². The van der Waals surface area contributed by atoms with Crippen molar-refractivity contribution in [2.24, 2.45) is 0 Å². The number of pyridine rings is 3. The molecule has 0 radical (unpaired) electrons. The Balaban J connectivity index is 1.62. The van der Waals surface area contributed by atoms with Crippen LogP contribution >= 0.6 is 11.6 Å². The second-order valence-corrected chi connectivity index (χ2v) is 8.19. The van der Waals surface area contributed by atoms with Gasteiger partial charge in [-0.3, -0.25) is 14.2 Å². The Hall–Kier alpha value is -4.24. The van der Waals surface area contributed by atoms with Gasteiger partial charge in [0.25, 0.3) is 5.56 Å². The Bertz CT molecular complexity index is 1480. The molecule has 35 heavy (non-hydrogen) atoms. The van der Waals surface area contributed by atoms with Crippen LogP contribution in [0, 0.1) is 11.2 Å². The second kappa shape index (κ2) is 10.4. The third-order valence-electron chi connectivity index (χ3n) is 5.47. The molecule has 4 rings (SSSR count). The van der Waals surface area contributed by atoms with Crippen molar-refractivity contribution in [3.05, 3.63) is 115 Å². The van der Waals surface area contributed by atoms with Gasteiger partial charge in [-0.05, 0) is 24.6 Å². The molecule has 3 heterocycles. The number of nitrogens with one attached hydrogen (secondary N) is 4. The van der Waals surface area contributed by atoms with E-state index >= 15 is 0 Å². The van der Waals surface area contributed by atoms with Gasteiger partial charge >= 0.3 is 0 Å². The van der Waals surface area contributed by atoms with Crippen LogP contribution in [0.4, 0.5) is 15.9 Å². The number of benzene rings is 1. The fourth-order valence-corrected chi connectivity index (χ4v) is 3.75. The number of nitrogens with zero attached hydrogens (tertiary/aromatic N) is 2. The number of aromatic amines is 1. The van der Waals surface area contributed by atoms with E-state index in [2.05, 4.69) is 20.6 Å². The summed E-state index contributed by atoms with van der Waals surface area (Å²) in [4.78, 5) is 31.4. The molecule has 0 saturated heterocycles. The molecule has 0 bridgehead atoms. The summed E-state index contributed by atoms with van der Waals surface area (Å²) in [5.41, 5.74) is 1.51. The zero-order valence-corrected chi connectivity index (χ0v) is 19.4. The molecule has 1 aromatic carbocycles. The molecular formula is C25H22ClFN6O2. The van der Waals surface area contributed by atoms with Crippen LogP contribution in [0.15, 0.2) is 76.7 Å². The summed E-state index contributed by atoms with van der Waals surface area (Å²) >= 11 is 6.36. The zero-order valence-electron chi connectivity index (χ0n) is 18.7. The Morgan fingerprint density at radius 1 is 1.23 bits per heavy atom. The molecule has 8 nitrogen and oxygen atoms in total. The Labute approximate surface area is 205 Å². The van der Waals surface area contributed by atoms with Crippen LogP contribution in [0.1, 0.15) is 29.7 Å². The van der Waals surface area contributed by atoms with Crippen molar-refractivity contribution in [3.63, 3.8) is 0 Å². The van der Waals surface area contributed by atoms with Gasteiger partial charge in [0, 0.05) is 42.8 Å². The molecule has 178 valence electrons. The predicted octanol–water partition coefficient (Wildman–Crippen LogP) is 4.50. The van der Waals surface area contributed by atoms with Crippen LogP contribution in [-0.2, 0) is 6.54 Å². The minimum absolute atomic E-state index is 0.104. The molecule has 10 heteroatoms. The third kappa shape index (κ3) is 5.30. The first-order valence-corrected chi connectivity index (χ1v) is 11.1. The van der Waals surface area contributed by atoms with Crippen molar-refractivity contribution in [1.82, 2.24) is 14.5 Å². The fourth-order valence-electron chi connectivity index (χ4n) is 3.56. The van der Waals surface area contributed by atoms with E-state index in [1.165, 1.54) is 29.1 Å². The smallest absolute Gasteiger partial charge is 0.266 e. The average Bonchev–Trinajstić information content (AvgIpc) is 2.85. The van der Waals surface area contributed by atoms with Crippen LogP contribution in [-0.4, -0.2) is 20.7 Å². The lowest BCUT2D eigenvalue weighted by Crippen LogP contribution is -2.24. The highest BCUT2D eigenvalue weighted by molar-refractivity contribution is 6.32. The van der Waals surface area contributed by atoms with Crippen LogP contribution < -0.4 is 21.8 Å². The number of aromatic nitrogens is 3. The maximum atomic E-state index is 13.9. The Morgan fingerprint density at radius 2 is 2.03 bits per heavy atom. The summed E-state index contributed by atoms with van der Waals surface area (Å²) in [6, 6.07) is 12.6. The standard InChI is InChI=1S/C25H22ClFN6O2/c1-15(16-6-7-24(34)31-12-16)32-23-10-22(19(26)14-30-23)33-9-8-21(18(11-28)25(33)35)29-13-17-4-2-3-5-20(17)27/h2-12,14-15,28-29H,13H2,1H3,(H,30,32)(H,31,34)/t15-/m1/s1. The molecule has 0 saturated carbocycles. The van der Waals surface area contributed by atoms with E-state index in [-0.39, 0.29) is 34.5 Å². The topological polar surface area (TPSA) is 116 Å². The highest BCUT2D eigenvalue weighted by Gasteiger charge is 2.14. The quantitative estimate of drug-likeness (QED) is 0.270. The fraction of sp³-hybridized carbons (Fsp3) is 0.120. The highest BCUT2D eigenvalue weighted by Crippen LogP contribution is 2.25. The second-order valence-electron chi connectivity index (χ2n) is 7.78. The molecule has 4 aromatic rings. The largest absolute Gasteiger partial charge is 0.380 e. The van der Waals surface area contributed by atoms with Gasteiger partial charge in [-0.2, -0.15) is 0 Å². The molecule has 0 spiro atoms. The number of H-pyrrole nitrogens is 1. The van der Waals surface area contributed by atoms with Crippen molar-refractivity contribution in [2.75, 3.05) is 10.6 Å². The van der Waals surface area contributed by atoms with Crippen molar-refractivity contribution in [2.45, 2.75) is 19.5 Å². The average molecular weight is 493 g/mol. The Kier molecular flexibility index (Phi) is 7.07. The van der Waals surface area contributed by atoms with E-state index in [9.17, 15) is 14.0 Å². The first kappa shape index (κ1) is 23.9. The van der Waals surface area contributed by atoms with Crippen molar-refractivity contribution in [3.8, 4) is 5.69 Å². The van der Waals surface area contributed by atoms with E-state index in [1.807, 2.05) is 6.92 Å². The van der Waals surface area contributed by atoms with Gasteiger partial charge in [0.15, 0.2) is 0 Å². The van der Waals surface area contributed by atoms with Crippen LogP contribution in [0.2, 0.25) is 5.02 Å². The highest BCUT2D eigenvalue weighted by atomic mass is 35.5. The molecular weight excluding hydrogens is 471 g/mol. The maximum Gasteiger partial charge on any atom is 0.266 e. The number of rotatable bonds is 8. The molecule has 0 aliphatic carbocycles. The third-order valence-corrected chi connectivity index (χ3v) is 5.76. The van der Waals surface area contributed by atoms with E-state index in [4.69, 9.17) is 17.0 Å². The molecule has 1 atom stereocenters. The summed E-state index contributed by atoms with van der Waals surface area (Å²) in [6.07, 6.45) is 5.54. The van der Waals surface area contributed by atoms with E-state index in [0.29, 0.717) is 22.8 Å². The van der Waals surface area contributed by atoms with Gasteiger partial charge in [0.2, 0.25) is 5.56 Å². The lowest BCUT2D eigenvalue weighted by atomic mass is 10.1. The van der Waals surface area contributed by atoms with E-state index in [0.717, 1.165) is 11.8 Å². The minimum Gasteiger partial charge on any atom is -0.380 e. The van der Waals surface area contributed by atoms with Crippen LogP contribution in [0.5, 0.6) is 0 Å². The molecule has 3 aromatic heterocycles. The SMILES string of the molecule is C[C@@H](Nc1cc(-n2ccc(NCc3ccccc3F)c(C=N)c2=O)c(Cl)cn1)c1ccc(=O)[nH]c1. The van der Waals surface area contributed by atoms with E-state index < -0.39 is 5.56 Å². The number of hydrogen-bond donors (Lipinski definition) is 4. The summed E-state index contributed by atoms with van der Waals surface area (Å²) in [6.45, 7) is 2.06.